The summed E-state index contributed by atoms with van der Waals surface area (Å²) in [5.74, 6) is -0.669. The number of anilines is 1. The van der Waals surface area contributed by atoms with Crippen LogP contribution in [0.5, 0.6) is 0 Å². The van der Waals surface area contributed by atoms with Crippen molar-refractivity contribution in [1.29, 1.82) is 0 Å². The summed E-state index contributed by atoms with van der Waals surface area (Å²) in [5.41, 5.74) is 6.07. The molecular formula is C10H12ClNO4. The van der Waals surface area contributed by atoms with Gasteiger partial charge in [0.25, 0.3) is 0 Å². The zero-order valence-corrected chi connectivity index (χ0v) is 9.15. The van der Waals surface area contributed by atoms with Crippen LogP contribution in [0.4, 0.5) is 5.69 Å². The van der Waals surface area contributed by atoms with Crippen molar-refractivity contribution >= 4 is 23.3 Å². The lowest BCUT2D eigenvalue weighted by atomic mass is 10.2. The fourth-order valence-corrected chi connectivity index (χ4v) is 1.27. The summed E-state index contributed by atoms with van der Waals surface area (Å²) in [5, 5.41) is 17.7. The molecule has 0 saturated heterocycles. The number of carbonyl (C=O) groups is 1. The molecule has 0 saturated carbocycles. The molecule has 16 heavy (non-hydrogen) atoms. The Morgan fingerprint density at radius 1 is 1.56 bits per heavy atom. The Bertz CT molecular complexity index is 383. The number of nitrogens with two attached hydrogens (primary N) is 1. The molecule has 1 rings (SSSR count). The predicted molar refractivity (Wildman–Crippen MR) is 59.2 cm³/mol. The minimum Gasteiger partial charge on any atom is -0.459 e. The minimum absolute atomic E-state index is 0.168. The molecule has 0 radical (unpaired) electrons. The summed E-state index contributed by atoms with van der Waals surface area (Å²) in [7, 11) is 0. The third-order valence-electron chi connectivity index (χ3n) is 1.83. The highest BCUT2D eigenvalue weighted by Crippen LogP contribution is 2.19. The third kappa shape index (κ3) is 3.37. The molecule has 0 aliphatic heterocycles. The fourth-order valence-electron chi connectivity index (χ4n) is 0.999. The van der Waals surface area contributed by atoms with Crippen LogP contribution >= 0.6 is 11.6 Å². The van der Waals surface area contributed by atoms with Gasteiger partial charge in [-0.05, 0) is 18.2 Å². The van der Waals surface area contributed by atoms with Gasteiger partial charge < -0.3 is 20.7 Å². The summed E-state index contributed by atoms with van der Waals surface area (Å²) < 4.78 is 4.73. The van der Waals surface area contributed by atoms with Crippen LogP contribution in [0.1, 0.15) is 10.4 Å². The zero-order valence-electron chi connectivity index (χ0n) is 8.39. The minimum atomic E-state index is -1.09. The SMILES string of the molecule is Nc1ccc(C(=O)OCC(O)CO)c(Cl)c1. The first-order valence-electron chi connectivity index (χ1n) is 4.55. The Labute approximate surface area is 97.4 Å². The van der Waals surface area contributed by atoms with Crippen molar-refractivity contribution in [1.82, 2.24) is 0 Å². The highest BCUT2D eigenvalue weighted by molar-refractivity contribution is 6.33. The largest absolute Gasteiger partial charge is 0.459 e. The molecule has 0 spiro atoms. The average molecular weight is 246 g/mol. The lowest BCUT2D eigenvalue weighted by Gasteiger charge is -2.09. The second-order valence-corrected chi connectivity index (χ2v) is 3.58. The molecule has 1 aromatic rings. The standard InChI is InChI=1S/C10H12ClNO4/c11-9-3-6(12)1-2-8(9)10(15)16-5-7(14)4-13/h1-3,7,13-14H,4-5,12H2. The van der Waals surface area contributed by atoms with Crippen LogP contribution < -0.4 is 5.73 Å². The van der Waals surface area contributed by atoms with Crippen LogP contribution in [0, 0.1) is 0 Å². The maximum Gasteiger partial charge on any atom is 0.339 e. The predicted octanol–water partition coefficient (Wildman–Crippen LogP) is 0.432. The zero-order chi connectivity index (χ0) is 12.1. The van der Waals surface area contributed by atoms with Crippen molar-refractivity contribution in [2.24, 2.45) is 0 Å². The Balaban J connectivity index is 2.66. The maximum absolute atomic E-state index is 11.5. The second-order valence-electron chi connectivity index (χ2n) is 3.17. The lowest BCUT2D eigenvalue weighted by Crippen LogP contribution is -2.22. The normalized spacial score (nSPS) is 12.2. The van der Waals surface area contributed by atoms with Gasteiger partial charge in [0.05, 0.1) is 17.2 Å². The highest BCUT2D eigenvalue weighted by Gasteiger charge is 2.13. The third-order valence-corrected chi connectivity index (χ3v) is 2.14. The van der Waals surface area contributed by atoms with Crippen LogP contribution in [0.15, 0.2) is 18.2 Å². The number of hydrogen-bond donors (Lipinski definition) is 3. The van der Waals surface area contributed by atoms with Gasteiger partial charge in [0.2, 0.25) is 0 Å². The van der Waals surface area contributed by atoms with E-state index in [0.717, 1.165) is 0 Å². The Hall–Kier alpha value is -1.30. The van der Waals surface area contributed by atoms with Gasteiger partial charge in [0, 0.05) is 5.69 Å². The molecular weight excluding hydrogens is 234 g/mol. The van der Waals surface area contributed by atoms with E-state index in [0.29, 0.717) is 5.69 Å². The van der Waals surface area contributed by atoms with E-state index in [4.69, 9.17) is 32.3 Å². The Morgan fingerprint density at radius 2 is 2.25 bits per heavy atom. The number of ether oxygens (including phenoxy) is 1. The summed E-state index contributed by atoms with van der Waals surface area (Å²) in [6.07, 6.45) is -1.09. The van der Waals surface area contributed by atoms with Crippen LogP contribution in [-0.2, 0) is 4.74 Å². The van der Waals surface area contributed by atoms with E-state index < -0.39 is 18.7 Å². The molecule has 0 aliphatic rings. The lowest BCUT2D eigenvalue weighted by molar-refractivity contribution is 0.00935. The van der Waals surface area contributed by atoms with Gasteiger partial charge in [-0.15, -0.1) is 0 Å². The molecule has 0 amide bonds. The van der Waals surface area contributed by atoms with Crippen molar-refractivity contribution in [2.75, 3.05) is 18.9 Å². The number of rotatable bonds is 4. The van der Waals surface area contributed by atoms with E-state index in [2.05, 4.69) is 0 Å². The topological polar surface area (TPSA) is 92.8 Å². The monoisotopic (exact) mass is 245 g/mol. The number of carbonyl (C=O) groups excluding carboxylic acids is 1. The van der Waals surface area contributed by atoms with Crippen molar-refractivity contribution < 1.29 is 19.7 Å². The number of nitrogen functional groups attached to an aromatic ring is 1. The summed E-state index contributed by atoms with van der Waals surface area (Å²) in [6, 6.07) is 4.39. The van der Waals surface area contributed by atoms with Crippen molar-refractivity contribution in [3.8, 4) is 0 Å². The van der Waals surface area contributed by atoms with Crippen LogP contribution in [0.25, 0.3) is 0 Å². The van der Waals surface area contributed by atoms with Gasteiger partial charge in [-0.3, -0.25) is 0 Å². The number of benzene rings is 1. The number of hydrogen-bond acceptors (Lipinski definition) is 5. The molecule has 0 aromatic heterocycles. The first kappa shape index (κ1) is 12.8. The number of aliphatic hydroxyl groups excluding tert-OH is 2. The molecule has 0 bridgehead atoms. The number of halogens is 1. The van der Waals surface area contributed by atoms with Gasteiger partial charge >= 0.3 is 5.97 Å². The molecule has 1 unspecified atom stereocenters. The van der Waals surface area contributed by atoms with Gasteiger partial charge in [0.15, 0.2) is 0 Å². The van der Waals surface area contributed by atoms with Gasteiger partial charge in [-0.1, -0.05) is 11.6 Å². The first-order valence-corrected chi connectivity index (χ1v) is 4.93. The first-order chi connectivity index (χ1) is 7.54. The summed E-state index contributed by atoms with van der Waals surface area (Å²) in [6.45, 7) is -0.751. The number of aliphatic hydroxyl groups is 2. The summed E-state index contributed by atoms with van der Waals surface area (Å²) in [4.78, 5) is 11.5. The van der Waals surface area contributed by atoms with Crippen LogP contribution in [0.3, 0.4) is 0 Å². The maximum atomic E-state index is 11.5. The molecule has 5 nitrogen and oxygen atoms in total. The molecule has 0 fully saturated rings. The molecule has 1 atom stereocenters. The molecule has 1 aromatic carbocycles. The quantitative estimate of drug-likeness (QED) is 0.529. The second kappa shape index (κ2) is 5.69. The van der Waals surface area contributed by atoms with E-state index in [1.54, 1.807) is 0 Å². The van der Waals surface area contributed by atoms with E-state index in [-0.39, 0.29) is 17.2 Å². The highest BCUT2D eigenvalue weighted by atomic mass is 35.5. The van der Waals surface area contributed by atoms with E-state index in [1.807, 2.05) is 0 Å². The molecule has 88 valence electrons. The van der Waals surface area contributed by atoms with E-state index >= 15 is 0 Å². The smallest absolute Gasteiger partial charge is 0.339 e. The van der Waals surface area contributed by atoms with Crippen molar-refractivity contribution in [2.45, 2.75) is 6.10 Å². The van der Waals surface area contributed by atoms with E-state index in [1.165, 1.54) is 18.2 Å². The van der Waals surface area contributed by atoms with Crippen molar-refractivity contribution in [3.63, 3.8) is 0 Å². The van der Waals surface area contributed by atoms with Gasteiger partial charge in [-0.25, -0.2) is 4.79 Å². The molecule has 6 heteroatoms. The molecule has 0 heterocycles. The Kier molecular flexibility index (Phi) is 4.54. The van der Waals surface area contributed by atoms with Crippen LogP contribution in [-0.4, -0.2) is 35.5 Å². The average Bonchev–Trinajstić information content (AvgIpc) is 2.25. The number of esters is 1. The fraction of sp³-hybridized carbons (Fsp3) is 0.300. The van der Waals surface area contributed by atoms with Gasteiger partial charge in [0.1, 0.15) is 12.7 Å². The molecule has 4 N–H and O–H groups in total. The van der Waals surface area contributed by atoms with E-state index in [9.17, 15) is 4.79 Å². The van der Waals surface area contributed by atoms with Crippen LogP contribution in [0.2, 0.25) is 5.02 Å². The summed E-state index contributed by atoms with van der Waals surface area (Å²) >= 11 is 5.78. The van der Waals surface area contributed by atoms with Gasteiger partial charge in [-0.2, -0.15) is 0 Å². The van der Waals surface area contributed by atoms with Crippen molar-refractivity contribution in [3.05, 3.63) is 28.8 Å². The molecule has 0 aliphatic carbocycles. The Morgan fingerprint density at radius 3 is 2.81 bits per heavy atom.